The minimum absolute atomic E-state index is 0.121. The van der Waals surface area contributed by atoms with E-state index in [1.54, 1.807) is 42.5 Å². The van der Waals surface area contributed by atoms with Crippen LogP contribution in [0.1, 0.15) is 20.7 Å². The van der Waals surface area contributed by atoms with Gasteiger partial charge in [-0.15, -0.1) is 0 Å². The van der Waals surface area contributed by atoms with Gasteiger partial charge in [-0.05, 0) is 35.9 Å². The van der Waals surface area contributed by atoms with Gasteiger partial charge in [0.15, 0.2) is 5.78 Å². The van der Waals surface area contributed by atoms with Crippen LogP contribution in [0.3, 0.4) is 0 Å². The molecule has 2 aromatic carbocycles. The van der Waals surface area contributed by atoms with Crippen molar-refractivity contribution in [1.29, 1.82) is 0 Å². The van der Waals surface area contributed by atoms with Crippen molar-refractivity contribution >= 4 is 56.5 Å². The summed E-state index contributed by atoms with van der Waals surface area (Å²) in [4.78, 5) is 11.9. The van der Waals surface area contributed by atoms with Crippen molar-refractivity contribution in [1.82, 2.24) is 0 Å². The highest BCUT2D eigenvalue weighted by Crippen LogP contribution is 2.31. The summed E-state index contributed by atoms with van der Waals surface area (Å²) < 4.78 is 0. The molecule has 5 heteroatoms. The predicted octanol–water partition coefficient (Wildman–Crippen LogP) is 5.97. The van der Waals surface area contributed by atoms with Crippen molar-refractivity contribution in [2.75, 3.05) is 0 Å². The van der Waals surface area contributed by atoms with Gasteiger partial charge in [0, 0.05) is 15.6 Å². The molecule has 0 fully saturated rings. The molecule has 0 unspecified atom stereocenters. The Hall–Kier alpha value is -0.540. The van der Waals surface area contributed by atoms with Gasteiger partial charge in [-0.3, -0.25) is 4.79 Å². The first-order valence-corrected chi connectivity index (χ1v) is 7.43. The number of alkyl halides is 1. The Morgan fingerprint density at radius 2 is 1.53 bits per heavy atom. The van der Waals surface area contributed by atoms with Gasteiger partial charge >= 0.3 is 0 Å². The summed E-state index contributed by atoms with van der Waals surface area (Å²) >= 11 is 21.0. The highest BCUT2D eigenvalue weighted by atomic mass is 79.9. The van der Waals surface area contributed by atoms with Crippen LogP contribution in [0.2, 0.25) is 15.1 Å². The van der Waals surface area contributed by atoms with E-state index >= 15 is 0 Å². The first kappa shape index (κ1) is 14.9. The summed E-state index contributed by atoms with van der Waals surface area (Å²) in [6, 6.07) is 11.9. The maximum atomic E-state index is 12.4. The second-order valence-electron chi connectivity index (χ2n) is 3.90. The van der Waals surface area contributed by atoms with Crippen LogP contribution in [0.25, 0.3) is 0 Å². The highest BCUT2D eigenvalue weighted by Gasteiger charge is 2.21. The molecule has 0 aliphatic heterocycles. The lowest BCUT2D eigenvalue weighted by Crippen LogP contribution is -2.07. The molecule has 0 aromatic heterocycles. The van der Waals surface area contributed by atoms with Gasteiger partial charge in [-0.1, -0.05) is 62.9 Å². The zero-order chi connectivity index (χ0) is 14.0. The second-order valence-corrected chi connectivity index (χ2v) is 6.10. The Balaban J connectivity index is 2.30. The number of carbonyl (C=O) groups excluding carboxylic acids is 1. The van der Waals surface area contributed by atoms with E-state index in [1.807, 2.05) is 0 Å². The maximum absolute atomic E-state index is 12.4. The average molecular weight is 378 g/mol. The van der Waals surface area contributed by atoms with Gasteiger partial charge in [0.25, 0.3) is 0 Å². The maximum Gasteiger partial charge on any atom is 0.182 e. The molecule has 0 saturated heterocycles. The monoisotopic (exact) mass is 376 g/mol. The average Bonchev–Trinajstić information content (AvgIpc) is 2.38. The molecule has 1 nitrogen and oxygen atoms in total. The molecule has 0 aliphatic carbocycles. The Morgan fingerprint density at radius 1 is 0.947 bits per heavy atom. The first-order valence-electron chi connectivity index (χ1n) is 5.38. The fourth-order valence-electron chi connectivity index (χ4n) is 1.61. The van der Waals surface area contributed by atoms with Crippen LogP contribution in [-0.4, -0.2) is 5.78 Å². The summed E-state index contributed by atoms with van der Waals surface area (Å²) in [5.41, 5.74) is 1.25. The Bertz CT molecular complexity index is 611. The van der Waals surface area contributed by atoms with Crippen molar-refractivity contribution < 1.29 is 4.79 Å². The van der Waals surface area contributed by atoms with Gasteiger partial charge in [0.1, 0.15) is 4.83 Å². The fraction of sp³-hybridized carbons (Fsp3) is 0.0714. The van der Waals surface area contributed by atoms with Crippen molar-refractivity contribution in [3.05, 3.63) is 68.7 Å². The Labute approximate surface area is 134 Å². The van der Waals surface area contributed by atoms with E-state index in [0.29, 0.717) is 20.6 Å². The number of carbonyl (C=O) groups is 1. The summed E-state index contributed by atoms with van der Waals surface area (Å²) in [5, 5.41) is 1.47. The quantitative estimate of drug-likeness (QED) is 0.475. The lowest BCUT2D eigenvalue weighted by Gasteiger charge is -2.11. The second kappa shape index (κ2) is 6.27. The molecule has 0 aliphatic rings. The van der Waals surface area contributed by atoms with Crippen LogP contribution in [0, 0.1) is 0 Å². The van der Waals surface area contributed by atoms with Crippen LogP contribution in [0.15, 0.2) is 42.5 Å². The van der Waals surface area contributed by atoms with E-state index in [0.717, 1.165) is 5.56 Å². The minimum Gasteiger partial charge on any atom is -0.292 e. The summed E-state index contributed by atoms with van der Waals surface area (Å²) in [5.74, 6) is -0.121. The van der Waals surface area contributed by atoms with E-state index in [9.17, 15) is 4.79 Å². The van der Waals surface area contributed by atoms with Gasteiger partial charge in [-0.25, -0.2) is 0 Å². The van der Waals surface area contributed by atoms with Crippen LogP contribution < -0.4 is 0 Å². The van der Waals surface area contributed by atoms with Crippen molar-refractivity contribution in [3.8, 4) is 0 Å². The number of ketones is 1. The molecule has 0 spiro atoms. The fourth-order valence-corrected chi connectivity index (χ4v) is 2.79. The van der Waals surface area contributed by atoms with E-state index in [1.165, 1.54) is 0 Å². The molecule has 0 radical (unpaired) electrons. The molecule has 1 atom stereocenters. The van der Waals surface area contributed by atoms with Crippen molar-refractivity contribution in [3.63, 3.8) is 0 Å². The zero-order valence-electron chi connectivity index (χ0n) is 9.54. The molecule has 0 amide bonds. The van der Waals surface area contributed by atoms with Crippen molar-refractivity contribution in [2.45, 2.75) is 4.83 Å². The third-order valence-corrected chi connectivity index (χ3v) is 4.33. The predicted molar refractivity (Wildman–Crippen MR) is 83.9 cm³/mol. The number of hydrogen-bond acceptors (Lipinski definition) is 1. The number of rotatable bonds is 3. The molecule has 98 valence electrons. The smallest absolute Gasteiger partial charge is 0.182 e. The van der Waals surface area contributed by atoms with Gasteiger partial charge < -0.3 is 0 Å². The summed E-state index contributed by atoms with van der Waals surface area (Å²) in [7, 11) is 0. The zero-order valence-corrected chi connectivity index (χ0v) is 13.4. The van der Waals surface area contributed by atoms with Gasteiger partial charge in [0.2, 0.25) is 0 Å². The van der Waals surface area contributed by atoms with E-state index in [2.05, 4.69) is 15.9 Å². The summed E-state index contributed by atoms with van der Waals surface area (Å²) in [6.07, 6.45) is 0. The van der Waals surface area contributed by atoms with Gasteiger partial charge in [0.05, 0.1) is 5.02 Å². The normalized spacial score (nSPS) is 12.2. The molecular weight excluding hydrogens is 370 g/mol. The standard InChI is InChI=1S/C14H8BrCl3O/c15-13(8-1-3-9(16)4-2-8)14(19)11-6-5-10(17)7-12(11)18/h1-7,13H/t13-/m1/s1. The molecule has 0 N–H and O–H groups in total. The molecule has 2 aromatic rings. The number of halogens is 4. The third kappa shape index (κ3) is 3.51. The SMILES string of the molecule is O=C(c1ccc(Cl)cc1Cl)[C@H](Br)c1ccc(Cl)cc1. The first-order chi connectivity index (χ1) is 8.99. The van der Waals surface area contributed by atoms with E-state index in [-0.39, 0.29) is 5.78 Å². The van der Waals surface area contributed by atoms with Gasteiger partial charge in [-0.2, -0.15) is 0 Å². The van der Waals surface area contributed by atoms with Crippen molar-refractivity contribution in [2.24, 2.45) is 0 Å². The molecule has 0 heterocycles. The summed E-state index contributed by atoms with van der Waals surface area (Å²) in [6.45, 7) is 0. The third-order valence-electron chi connectivity index (χ3n) is 2.59. The van der Waals surface area contributed by atoms with Crippen LogP contribution in [0.4, 0.5) is 0 Å². The number of benzene rings is 2. The topological polar surface area (TPSA) is 17.1 Å². The van der Waals surface area contributed by atoms with Crippen LogP contribution in [0.5, 0.6) is 0 Å². The molecule has 0 saturated carbocycles. The highest BCUT2D eigenvalue weighted by molar-refractivity contribution is 9.09. The molecule has 19 heavy (non-hydrogen) atoms. The Morgan fingerprint density at radius 3 is 2.11 bits per heavy atom. The Kier molecular flexibility index (Phi) is 4.91. The molecular formula is C14H8BrCl3O. The lowest BCUT2D eigenvalue weighted by atomic mass is 10.0. The van der Waals surface area contributed by atoms with Crippen LogP contribution in [-0.2, 0) is 0 Å². The number of Topliss-reactive ketones (excluding diaryl/α,β-unsaturated/α-hetero) is 1. The van der Waals surface area contributed by atoms with Crippen LogP contribution >= 0.6 is 50.7 Å². The minimum atomic E-state index is -0.469. The largest absolute Gasteiger partial charge is 0.292 e. The molecule has 2 rings (SSSR count). The molecule has 0 bridgehead atoms. The number of hydrogen-bond donors (Lipinski definition) is 0. The van der Waals surface area contributed by atoms with E-state index < -0.39 is 4.83 Å². The van der Waals surface area contributed by atoms with E-state index in [4.69, 9.17) is 34.8 Å². The lowest BCUT2D eigenvalue weighted by molar-refractivity contribution is 0.0991.